The molecule has 1 saturated heterocycles. The summed E-state index contributed by atoms with van der Waals surface area (Å²) in [5.74, 6) is -1.86. The van der Waals surface area contributed by atoms with E-state index in [0.717, 1.165) is 9.80 Å². The van der Waals surface area contributed by atoms with Crippen LogP contribution in [0.5, 0.6) is 0 Å². The van der Waals surface area contributed by atoms with E-state index >= 15 is 0 Å². The molecule has 2 rings (SSSR count). The van der Waals surface area contributed by atoms with E-state index in [1.165, 1.54) is 11.8 Å². The molecule has 1 heterocycles. The van der Waals surface area contributed by atoms with Crippen LogP contribution in [-0.2, 0) is 14.4 Å². The van der Waals surface area contributed by atoms with E-state index in [0.29, 0.717) is 5.02 Å². The fraction of sp³-hybridized carbons (Fsp3) is 0.308. The molecule has 6 nitrogen and oxygen atoms in total. The molecule has 8 heteroatoms. The van der Waals surface area contributed by atoms with Crippen molar-refractivity contribution in [3.8, 4) is 0 Å². The number of benzene rings is 1. The molecule has 2 N–H and O–H groups in total. The van der Waals surface area contributed by atoms with Gasteiger partial charge in [0, 0.05) is 11.4 Å². The van der Waals surface area contributed by atoms with E-state index < -0.39 is 17.9 Å². The van der Waals surface area contributed by atoms with Crippen LogP contribution >= 0.6 is 23.4 Å². The van der Waals surface area contributed by atoms with Crippen LogP contribution in [0.15, 0.2) is 29.2 Å². The van der Waals surface area contributed by atoms with Crippen molar-refractivity contribution in [3.05, 3.63) is 29.3 Å². The number of aliphatic carboxylic acids is 1. The van der Waals surface area contributed by atoms with Gasteiger partial charge < -0.3 is 15.3 Å². The lowest BCUT2D eigenvalue weighted by Crippen LogP contribution is -2.59. The largest absolute Gasteiger partial charge is 0.480 e. The number of carbonyl (C=O) groups is 3. The Morgan fingerprint density at radius 1 is 1.43 bits per heavy atom. The predicted octanol–water partition coefficient (Wildman–Crippen LogP) is 0.844. The number of piperazine rings is 1. The lowest BCUT2D eigenvalue weighted by atomic mass is 10.2. The van der Waals surface area contributed by atoms with Crippen LogP contribution in [0, 0.1) is 0 Å². The lowest BCUT2D eigenvalue weighted by Gasteiger charge is -2.32. The minimum Gasteiger partial charge on any atom is -0.480 e. The highest BCUT2D eigenvalue weighted by Gasteiger charge is 2.34. The molecular formula is C13H13ClN2O4S. The molecule has 1 fully saturated rings. The summed E-state index contributed by atoms with van der Waals surface area (Å²) >= 11 is 7.21. The monoisotopic (exact) mass is 328 g/mol. The maximum absolute atomic E-state index is 12.2. The van der Waals surface area contributed by atoms with Gasteiger partial charge in [-0.1, -0.05) is 23.7 Å². The normalized spacial score (nSPS) is 18.2. The minimum absolute atomic E-state index is 0.0286. The second-order valence-corrected chi connectivity index (χ2v) is 5.82. The molecule has 1 unspecified atom stereocenters. The van der Waals surface area contributed by atoms with Gasteiger partial charge in [-0.2, -0.15) is 0 Å². The molecule has 112 valence electrons. The average molecular weight is 329 g/mol. The molecule has 0 aliphatic carbocycles. The summed E-state index contributed by atoms with van der Waals surface area (Å²) in [6.07, 6.45) is 0. The van der Waals surface area contributed by atoms with Crippen molar-refractivity contribution in [2.24, 2.45) is 0 Å². The molecule has 1 aliphatic heterocycles. The third-order valence-corrected chi connectivity index (χ3v) is 4.48. The first-order valence-corrected chi connectivity index (χ1v) is 7.51. The maximum atomic E-state index is 12.2. The molecule has 0 saturated carbocycles. The van der Waals surface area contributed by atoms with Crippen molar-refractivity contribution < 1.29 is 19.5 Å². The van der Waals surface area contributed by atoms with Crippen molar-refractivity contribution in [2.75, 3.05) is 18.8 Å². The Morgan fingerprint density at radius 3 is 2.81 bits per heavy atom. The SMILES string of the molecule is O=C1CN(C(=O)CSc2ccccc2Cl)C(C(=O)O)CN1. The summed E-state index contributed by atoms with van der Waals surface area (Å²) in [5.41, 5.74) is 0. The standard InChI is InChI=1S/C13H13ClN2O4S/c14-8-3-1-2-4-10(8)21-7-12(18)16-6-11(17)15-5-9(16)13(19)20/h1-4,9H,5-7H2,(H,15,17)(H,19,20). The van der Waals surface area contributed by atoms with Crippen molar-refractivity contribution in [1.82, 2.24) is 10.2 Å². The van der Waals surface area contributed by atoms with Crippen LogP contribution in [-0.4, -0.2) is 52.7 Å². The Bertz CT molecular complexity index is 581. The number of carboxylic acid groups (broad SMARTS) is 1. The number of hydrogen-bond donors (Lipinski definition) is 2. The summed E-state index contributed by atoms with van der Waals surface area (Å²) < 4.78 is 0. The van der Waals surface area contributed by atoms with E-state index in [1.54, 1.807) is 24.3 Å². The topological polar surface area (TPSA) is 86.7 Å². The highest BCUT2D eigenvalue weighted by Crippen LogP contribution is 2.26. The first kappa shape index (κ1) is 15.7. The summed E-state index contributed by atoms with van der Waals surface area (Å²) in [6.45, 7) is -0.310. The molecule has 1 aliphatic rings. The second kappa shape index (κ2) is 6.82. The Balaban J connectivity index is 2.02. The summed E-state index contributed by atoms with van der Waals surface area (Å²) in [7, 11) is 0. The zero-order valence-corrected chi connectivity index (χ0v) is 12.5. The molecule has 2 amide bonds. The minimum atomic E-state index is -1.13. The first-order chi connectivity index (χ1) is 9.99. The van der Waals surface area contributed by atoms with E-state index in [-0.39, 0.29) is 24.7 Å². The van der Waals surface area contributed by atoms with Gasteiger partial charge in [-0.15, -0.1) is 11.8 Å². The maximum Gasteiger partial charge on any atom is 0.328 e. The van der Waals surface area contributed by atoms with Crippen LogP contribution < -0.4 is 5.32 Å². The molecule has 0 bridgehead atoms. The molecule has 21 heavy (non-hydrogen) atoms. The van der Waals surface area contributed by atoms with Crippen molar-refractivity contribution in [2.45, 2.75) is 10.9 Å². The van der Waals surface area contributed by atoms with E-state index in [4.69, 9.17) is 16.7 Å². The highest BCUT2D eigenvalue weighted by molar-refractivity contribution is 8.00. The van der Waals surface area contributed by atoms with Gasteiger partial charge in [-0.05, 0) is 12.1 Å². The highest BCUT2D eigenvalue weighted by atomic mass is 35.5. The van der Waals surface area contributed by atoms with Gasteiger partial charge in [-0.25, -0.2) is 4.79 Å². The number of nitrogens with one attached hydrogen (secondary N) is 1. The molecule has 1 aromatic rings. The van der Waals surface area contributed by atoms with Gasteiger partial charge in [0.25, 0.3) is 0 Å². The summed E-state index contributed by atoms with van der Waals surface area (Å²) in [4.78, 5) is 36.5. The number of halogens is 1. The molecule has 1 aromatic carbocycles. The van der Waals surface area contributed by atoms with Crippen LogP contribution in [0.4, 0.5) is 0 Å². The number of rotatable bonds is 4. The van der Waals surface area contributed by atoms with Crippen molar-refractivity contribution in [3.63, 3.8) is 0 Å². The van der Waals surface area contributed by atoms with E-state index in [2.05, 4.69) is 5.32 Å². The Kier molecular flexibility index (Phi) is 5.08. The van der Waals surface area contributed by atoms with Crippen molar-refractivity contribution in [1.29, 1.82) is 0 Å². The molecule has 0 spiro atoms. The van der Waals surface area contributed by atoms with E-state index in [1.807, 2.05) is 0 Å². The molecule has 0 radical (unpaired) electrons. The predicted molar refractivity (Wildman–Crippen MR) is 78.3 cm³/mol. The summed E-state index contributed by atoms with van der Waals surface area (Å²) in [6, 6.07) is 6.04. The molecule has 0 aromatic heterocycles. The Hall–Kier alpha value is -1.73. The smallest absolute Gasteiger partial charge is 0.328 e. The number of nitrogens with zero attached hydrogens (tertiary/aromatic N) is 1. The fourth-order valence-electron chi connectivity index (χ4n) is 1.91. The van der Waals surface area contributed by atoms with Gasteiger partial charge in [0.05, 0.1) is 10.8 Å². The van der Waals surface area contributed by atoms with Crippen LogP contribution in [0.3, 0.4) is 0 Å². The number of carboxylic acids is 1. The number of hydrogen-bond acceptors (Lipinski definition) is 4. The molecular weight excluding hydrogens is 316 g/mol. The van der Waals surface area contributed by atoms with Gasteiger partial charge >= 0.3 is 5.97 Å². The van der Waals surface area contributed by atoms with Gasteiger partial charge in [0.2, 0.25) is 11.8 Å². The third-order valence-electron chi connectivity index (χ3n) is 2.98. The van der Waals surface area contributed by atoms with Gasteiger partial charge in [0.1, 0.15) is 12.6 Å². The van der Waals surface area contributed by atoms with E-state index in [9.17, 15) is 14.4 Å². The van der Waals surface area contributed by atoms with Gasteiger partial charge in [0.15, 0.2) is 0 Å². The Morgan fingerprint density at radius 2 is 2.14 bits per heavy atom. The van der Waals surface area contributed by atoms with Crippen LogP contribution in [0.25, 0.3) is 0 Å². The zero-order chi connectivity index (χ0) is 15.4. The first-order valence-electron chi connectivity index (χ1n) is 6.15. The summed E-state index contributed by atoms with van der Waals surface area (Å²) in [5, 5.41) is 12.1. The van der Waals surface area contributed by atoms with Crippen LogP contribution in [0.1, 0.15) is 0 Å². The van der Waals surface area contributed by atoms with Crippen LogP contribution in [0.2, 0.25) is 5.02 Å². The number of amides is 2. The lowest BCUT2D eigenvalue weighted by molar-refractivity contribution is -0.152. The number of carbonyl (C=O) groups excluding carboxylic acids is 2. The second-order valence-electron chi connectivity index (χ2n) is 4.40. The average Bonchev–Trinajstić information content (AvgIpc) is 2.45. The van der Waals surface area contributed by atoms with Crippen molar-refractivity contribution >= 4 is 41.1 Å². The quantitative estimate of drug-likeness (QED) is 0.800. The third kappa shape index (κ3) is 3.89. The number of thioether (sulfide) groups is 1. The Labute approximate surface area is 130 Å². The van der Waals surface area contributed by atoms with Gasteiger partial charge in [-0.3, -0.25) is 9.59 Å². The fourth-order valence-corrected chi connectivity index (χ4v) is 3.03. The molecule has 1 atom stereocenters. The zero-order valence-electron chi connectivity index (χ0n) is 10.9.